The number of esters is 3. The molecular formula is C46H54F2N4O8. The summed E-state index contributed by atoms with van der Waals surface area (Å²) in [7, 11) is 5.92. The van der Waals surface area contributed by atoms with Crippen molar-refractivity contribution in [2.24, 2.45) is 11.3 Å². The second kappa shape index (κ2) is 13.9. The summed E-state index contributed by atoms with van der Waals surface area (Å²) in [6, 6.07) is 10.4. The molecule has 0 amide bonds. The number of hydrogen-bond acceptors (Lipinski definition) is 11. The first kappa shape index (κ1) is 40.6. The maximum Gasteiger partial charge on any atom is 0.344 e. The van der Waals surface area contributed by atoms with Crippen molar-refractivity contribution in [1.82, 2.24) is 14.8 Å². The first-order valence-electron chi connectivity index (χ1n) is 20.9. The number of aromatic nitrogens is 1. The summed E-state index contributed by atoms with van der Waals surface area (Å²) in [4.78, 5) is 52.6. The van der Waals surface area contributed by atoms with E-state index in [2.05, 4.69) is 14.8 Å². The van der Waals surface area contributed by atoms with Crippen LogP contribution in [-0.4, -0.2) is 129 Å². The van der Waals surface area contributed by atoms with Crippen molar-refractivity contribution in [3.63, 3.8) is 0 Å². The van der Waals surface area contributed by atoms with Crippen LogP contribution in [0.25, 0.3) is 10.9 Å². The Morgan fingerprint density at radius 3 is 2.47 bits per heavy atom. The van der Waals surface area contributed by atoms with E-state index in [9.17, 15) is 14.7 Å². The molecule has 1 aliphatic carbocycles. The third-order valence-corrected chi connectivity index (χ3v) is 15.1. The lowest BCUT2D eigenvalue weighted by Crippen LogP contribution is -2.81. The van der Waals surface area contributed by atoms with Crippen LogP contribution in [0.4, 0.5) is 14.5 Å². The van der Waals surface area contributed by atoms with E-state index in [1.54, 1.807) is 6.08 Å². The number of carbonyl (C=O) groups is 3. The van der Waals surface area contributed by atoms with Gasteiger partial charge in [-0.1, -0.05) is 43.4 Å². The van der Waals surface area contributed by atoms with Crippen LogP contribution in [0.1, 0.15) is 62.4 Å². The van der Waals surface area contributed by atoms with Crippen molar-refractivity contribution in [3.8, 4) is 5.75 Å². The molecule has 6 aliphatic rings. The van der Waals surface area contributed by atoms with Crippen LogP contribution in [0.15, 0.2) is 60.2 Å². The molecule has 2 bridgehead atoms. The van der Waals surface area contributed by atoms with Crippen molar-refractivity contribution < 1.29 is 47.2 Å². The lowest BCUT2D eigenvalue weighted by Gasteiger charge is -2.63. The summed E-state index contributed by atoms with van der Waals surface area (Å²) in [5.74, 6) is -5.35. The van der Waals surface area contributed by atoms with Gasteiger partial charge < -0.3 is 33.9 Å². The van der Waals surface area contributed by atoms with Crippen LogP contribution in [0.3, 0.4) is 0 Å². The van der Waals surface area contributed by atoms with E-state index < -0.39 is 63.7 Å². The van der Waals surface area contributed by atoms with Crippen LogP contribution >= 0.6 is 0 Å². The smallest absolute Gasteiger partial charge is 0.344 e. The number of H-pyrrole nitrogens is 1. The number of aliphatic hydroxyl groups is 1. The minimum absolute atomic E-state index is 0.0103. The number of para-hydroxylation sites is 1. The molecule has 320 valence electrons. The van der Waals surface area contributed by atoms with Crippen LogP contribution in [0.5, 0.6) is 5.75 Å². The Morgan fingerprint density at radius 1 is 1.03 bits per heavy atom. The fraction of sp³-hybridized carbons (Fsp3) is 0.543. The van der Waals surface area contributed by atoms with E-state index in [0.29, 0.717) is 68.1 Å². The number of likely N-dealkylation sites (N-methyl/N-ethyl adjacent to an activating group) is 1. The molecule has 0 radical (unpaired) electrons. The monoisotopic (exact) mass is 828 g/mol. The van der Waals surface area contributed by atoms with Gasteiger partial charge in [0.1, 0.15) is 11.2 Å². The summed E-state index contributed by atoms with van der Waals surface area (Å²) < 4.78 is 54.3. The molecule has 2 fully saturated rings. The summed E-state index contributed by atoms with van der Waals surface area (Å²) in [5, 5.41) is 14.2. The second-order valence-corrected chi connectivity index (χ2v) is 17.9. The third kappa shape index (κ3) is 5.25. The predicted octanol–water partition coefficient (Wildman–Crippen LogP) is 5.04. The summed E-state index contributed by atoms with van der Waals surface area (Å²) in [5.41, 5.74) is -1.70. The van der Waals surface area contributed by atoms with Gasteiger partial charge in [0.15, 0.2) is 6.10 Å². The predicted molar refractivity (Wildman–Crippen MR) is 219 cm³/mol. The number of hydrogen-bond donors (Lipinski definition) is 2. The first-order valence-corrected chi connectivity index (χ1v) is 20.9. The topological polar surface area (TPSA) is 134 Å². The molecule has 1 aromatic heterocycles. The average Bonchev–Trinajstić information content (AvgIpc) is 3.89. The minimum atomic E-state index is -3.07. The first-order chi connectivity index (χ1) is 28.6. The molecule has 14 heteroatoms. The maximum atomic E-state index is 15.3. The van der Waals surface area contributed by atoms with Crippen LogP contribution in [-0.2, 0) is 45.8 Å². The maximum absolute atomic E-state index is 15.3. The lowest BCUT2D eigenvalue weighted by atomic mass is 9.47. The molecular weight excluding hydrogens is 775 g/mol. The van der Waals surface area contributed by atoms with Gasteiger partial charge in [-0.05, 0) is 61.4 Å². The standard InChI is InChI=1S/C46H54F2N4O8/c1-8-43-15-11-17-52-19-16-44(37(43)52)31-21-32(35(57-5)22-34(31)50(4)38(44)46(56,41(55)59-7)39(43)60-26(2)53)45(40(54)58-6)23-27-20-28(42(3,47)48)25-51(24-27)18-14-30-29-12-9-10-13-33(29)49-36(30)45/h9-13,15,20-22,27,37-39,49,56H,8,14,16-19,23-25H2,1-7H3/t27?,37-,38+,39+,43+,44+,45-,46?/m0/s1. The van der Waals surface area contributed by atoms with Crippen molar-refractivity contribution in [2.45, 2.75) is 87.0 Å². The van der Waals surface area contributed by atoms with E-state index in [1.165, 1.54) is 28.3 Å². The molecule has 3 aromatic rings. The highest BCUT2D eigenvalue weighted by molar-refractivity contribution is 5.95. The van der Waals surface area contributed by atoms with Gasteiger partial charge >= 0.3 is 17.9 Å². The second-order valence-electron chi connectivity index (χ2n) is 17.9. The summed E-state index contributed by atoms with van der Waals surface area (Å²) in [6.07, 6.45) is 5.84. The number of ether oxygens (including phenoxy) is 4. The summed E-state index contributed by atoms with van der Waals surface area (Å²) >= 11 is 0. The van der Waals surface area contributed by atoms with E-state index in [-0.39, 0.29) is 24.6 Å². The zero-order valence-electron chi connectivity index (χ0n) is 35.3. The highest BCUT2D eigenvalue weighted by atomic mass is 19.3. The van der Waals surface area contributed by atoms with Crippen molar-refractivity contribution >= 4 is 34.5 Å². The van der Waals surface area contributed by atoms with Gasteiger partial charge in [-0.2, -0.15) is 0 Å². The normalized spacial score (nSPS) is 34.3. The van der Waals surface area contributed by atoms with Gasteiger partial charge in [-0.25, -0.2) is 13.6 Å². The highest BCUT2D eigenvalue weighted by Gasteiger charge is 2.80. The van der Waals surface area contributed by atoms with Crippen LogP contribution in [0, 0.1) is 11.3 Å². The Labute approximate surface area is 348 Å². The average molecular weight is 829 g/mol. The number of nitrogens with one attached hydrogen (secondary N) is 1. The summed E-state index contributed by atoms with van der Waals surface area (Å²) in [6.45, 7) is 6.45. The van der Waals surface area contributed by atoms with Gasteiger partial charge in [-0.15, -0.1) is 0 Å². The van der Waals surface area contributed by atoms with Gasteiger partial charge in [0.2, 0.25) is 5.60 Å². The van der Waals surface area contributed by atoms with E-state index in [1.807, 2.05) is 67.4 Å². The van der Waals surface area contributed by atoms with Crippen molar-refractivity contribution in [3.05, 3.63) is 82.6 Å². The zero-order chi connectivity index (χ0) is 42.7. The molecule has 5 aliphatic heterocycles. The molecule has 1 saturated heterocycles. The largest absolute Gasteiger partial charge is 0.496 e. The van der Waals surface area contributed by atoms with Gasteiger partial charge in [-0.3, -0.25) is 19.4 Å². The van der Waals surface area contributed by atoms with Gasteiger partial charge in [0, 0.05) is 103 Å². The zero-order valence-corrected chi connectivity index (χ0v) is 35.3. The molecule has 2 aromatic carbocycles. The van der Waals surface area contributed by atoms with E-state index >= 15 is 13.6 Å². The van der Waals surface area contributed by atoms with Crippen molar-refractivity contribution in [2.75, 3.05) is 66.0 Å². The van der Waals surface area contributed by atoms with Crippen molar-refractivity contribution in [1.29, 1.82) is 0 Å². The SMILES string of the molecule is CC[C@]12C=CCN3CC[C@@]4(c5cc([C@@]6(C(=O)OC)CC7C=C(C(C)(F)F)CN(CCc8c6[nH]c6ccccc86)C7)c(OC)cc5N(C)[C@H]4C(O)(C(=O)OC)[C@@H]1OC(C)=O)[C@@H]32. The number of methoxy groups -OCH3 is 3. The number of rotatable bonds is 7. The number of halogens is 2. The number of alkyl halides is 2. The quantitative estimate of drug-likeness (QED) is 0.189. The molecule has 9 rings (SSSR count). The number of nitrogens with zero attached hydrogens (tertiary/aromatic N) is 3. The number of fused-ring (bicyclic) bond motifs is 6. The Hall–Kier alpha value is -4.79. The highest BCUT2D eigenvalue weighted by Crippen LogP contribution is 2.68. The molecule has 1 spiro atoms. The number of benzene rings is 2. The third-order valence-electron chi connectivity index (χ3n) is 15.1. The van der Waals surface area contributed by atoms with Crippen LogP contribution < -0.4 is 9.64 Å². The molecule has 1 saturated carbocycles. The number of aromatic amines is 1. The molecule has 12 nitrogen and oxygen atoms in total. The molecule has 2 N–H and O–H groups in total. The molecule has 60 heavy (non-hydrogen) atoms. The fourth-order valence-corrected chi connectivity index (χ4v) is 13.0. The minimum Gasteiger partial charge on any atom is -0.496 e. The number of anilines is 1. The Bertz CT molecular complexity index is 2360. The van der Waals surface area contributed by atoms with Crippen LogP contribution in [0.2, 0.25) is 0 Å². The molecule has 3 unspecified atom stereocenters. The van der Waals surface area contributed by atoms with Gasteiger partial charge in [0.25, 0.3) is 5.92 Å². The lowest BCUT2D eigenvalue weighted by molar-refractivity contribution is -0.228. The van der Waals surface area contributed by atoms with Gasteiger partial charge in [0.05, 0.1) is 27.4 Å². The fourth-order valence-electron chi connectivity index (χ4n) is 13.0. The number of carbonyl (C=O) groups excluding carboxylic acids is 3. The Morgan fingerprint density at radius 2 is 1.78 bits per heavy atom. The molecule has 9 atom stereocenters. The Kier molecular flexibility index (Phi) is 9.38. The Balaban J connectivity index is 1.37. The molecule has 6 heterocycles. The van der Waals surface area contributed by atoms with E-state index in [0.717, 1.165) is 29.0 Å². The van der Waals surface area contributed by atoms with E-state index in [4.69, 9.17) is 18.9 Å².